The molecule has 0 aliphatic heterocycles. The van der Waals surface area contributed by atoms with Gasteiger partial charge in [0, 0.05) is 0 Å². The summed E-state index contributed by atoms with van der Waals surface area (Å²) < 4.78 is 28.5. The summed E-state index contributed by atoms with van der Waals surface area (Å²) in [4.78, 5) is 21.8. The number of carbonyl (C=O) groups excluding carboxylic acids is 1. The standard InChI is InChI=1S/C13H17FN2O6/c1-4-22-13(17)11(14)12(15)7-5-9(20-2)10(21-3)6-8(7)16(18)19/h5-6,11-12H,4,15H2,1-3H3/t11?,12-/m1/s1. The zero-order valence-electron chi connectivity index (χ0n) is 12.4. The van der Waals surface area contributed by atoms with Gasteiger partial charge in [0.05, 0.1) is 43.4 Å². The summed E-state index contributed by atoms with van der Waals surface area (Å²) in [7, 11) is 2.62. The van der Waals surface area contributed by atoms with Crippen LogP contribution in [0.2, 0.25) is 0 Å². The maximum absolute atomic E-state index is 14.0. The van der Waals surface area contributed by atoms with Crippen LogP contribution in [-0.2, 0) is 9.53 Å². The number of halogens is 1. The van der Waals surface area contributed by atoms with Gasteiger partial charge >= 0.3 is 5.97 Å². The molecule has 2 N–H and O–H groups in total. The van der Waals surface area contributed by atoms with Gasteiger partial charge in [0.25, 0.3) is 5.69 Å². The lowest BCUT2D eigenvalue weighted by Crippen LogP contribution is -2.32. The second-order valence-electron chi connectivity index (χ2n) is 4.20. The second kappa shape index (κ2) is 7.55. The average molecular weight is 316 g/mol. The van der Waals surface area contributed by atoms with Gasteiger partial charge in [0.1, 0.15) is 0 Å². The first-order valence-corrected chi connectivity index (χ1v) is 6.33. The molecule has 0 bridgehead atoms. The van der Waals surface area contributed by atoms with Crippen molar-refractivity contribution in [3.63, 3.8) is 0 Å². The molecule has 1 aromatic rings. The number of benzene rings is 1. The monoisotopic (exact) mass is 316 g/mol. The van der Waals surface area contributed by atoms with Gasteiger partial charge in [0.15, 0.2) is 11.5 Å². The van der Waals surface area contributed by atoms with Crippen molar-refractivity contribution >= 4 is 11.7 Å². The van der Waals surface area contributed by atoms with E-state index in [2.05, 4.69) is 4.74 Å². The minimum absolute atomic E-state index is 0.0278. The molecule has 0 aliphatic carbocycles. The van der Waals surface area contributed by atoms with Crippen LogP contribution in [0.1, 0.15) is 18.5 Å². The molecule has 0 spiro atoms. The number of alkyl halides is 1. The molecule has 0 aromatic heterocycles. The summed E-state index contributed by atoms with van der Waals surface area (Å²) in [6.07, 6.45) is -2.24. The molecule has 1 rings (SSSR count). The molecule has 0 aliphatic rings. The number of methoxy groups -OCH3 is 2. The van der Waals surface area contributed by atoms with Crippen LogP contribution in [0.15, 0.2) is 12.1 Å². The van der Waals surface area contributed by atoms with Crippen LogP contribution in [0.25, 0.3) is 0 Å². The Hall–Kier alpha value is -2.42. The number of rotatable bonds is 7. The third-order valence-electron chi connectivity index (χ3n) is 2.92. The Morgan fingerprint density at radius 2 is 1.91 bits per heavy atom. The van der Waals surface area contributed by atoms with Crippen molar-refractivity contribution < 1.29 is 28.3 Å². The largest absolute Gasteiger partial charge is 0.493 e. The molecule has 122 valence electrons. The van der Waals surface area contributed by atoms with Crippen molar-refractivity contribution in [1.82, 2.24) is 0 Å². The normalized spacial score (nSPS) is 13.1. The van der Waals surface area contributed by atoms with E-state index in [9.17, 15) is 19.3 Å². The fourth-order valence-corrected chi connectivity index (χ4v) is 1.84. The Balaban J connectivity index is 3.31. The van der Waals surface area contributed by atoms with E-state index < -0.39 is 28.8 Å². The van der Waals surface area contributed by atoms with Crippen molar-refractivity contribution in [3.8, 4) is 11.5 Å². The van der Waals surface area contributed by atoms with E-state index in [0.717, 1.165) is 6.07 Å². The molecule has 0 heterocycles. The number of hydrogen-bond donors (Lipinski definition) is 1. The van der Waals surface area contributed by atoms with Gasteiger partial charge in [0.2, 0.25) is 6.17 Å². The van der Waals surface area contributed by atoms with E-state index in [1.807, 2.05) is 0 Å². The minimum atomic E-state index is -2.24. The van der Waals surface area contributed by atoms with Gasteiger partial charge in [-0.05, 0) is 13.0 Å². The fraction of sp³-hybridized carbons (Fsp3) is 0.462. The van der Waals surface area contributed by atoms with Crippen LogP contribution >= 0.6 is 0 Å². The van der Waals surface area contributed by atoms with Gasteiger partial charge in [-0.2, -0.15) is 0 Å². The lowest BCUT2D eigenvalue weighted by Gasteiger charge is -2.17. The van der Waals surface area contributed by atoms with Crippen LogP contribution < -0.4 is 15.2 Å². The maximum Gasteiger partial charge on any atom is 0.342 e. The first kappa shape index (κ1) is 17.6. The van der Waals surface area contributed by atoms with Gasteiger partial charge in [-0.15, -0.1) is 0 Å². The van der Waals surface area contributed by atoms with Gasteiger partial charge in [-0.1, -0.05) is 0 Å². The SMILES string of the molecule is CCOC(=O)C(F)[C@H](N)c1cc(OC)c(OC)cc1[N+](=O)[O-]. The van der Waals surface area contributed by atoms with E-state index in [-0.39, 0.29) is 23.7 Å². The number of ether oxygens (including phenoxy) is 3. The smallest absolute Gasteiger partial charge is 0.342 e. The lowest BCUT2D eigenvalue weighted by molar-refractivity contribution is -0.385. The molecule has 1 unspecified atom stereocenters. The van der Waals surface area contributed by atoms with Crippen molar-refractivity contribution in [3.05, 3.63) is 27.8 Å². The molecule has 0 saturated heterocycles. The Morgan fingerprint density at radius 1 is 1.36 bits per heavy atom. The summed E-state index contributed by atoms with van der Waals surface area (Å²) in [5, 5.41) is 11.1. The first-order valence-electron chi connectivity index (χ1n) is 6.33. The maximum atomic E-state index is 14.0. The molecule has 0 radical (unpaired) electrons. The Labute approximate surface area is 126 Å². The Kier molecular flexibility index (Phi) is 6.05. The number of nitrogens with zero attached hydrogens (tertiary/aromatic N) is 1. The number of nitro groups is 1. The predicted molar refractivity (Wildman–Crippen MR) is 74.7 cm³/mol. The topological polar surface area (TPSA) is 114 Å². The fourth-order valence-electron chi connectivity index (χ4n) is 1.84. The highest BCUT2D eigenvalue weighted by Crippen LogP contribution is 2.38. The number of nitrogens with two attached hydrogens (primary N) is 1. The average Bonchev–Trinajstić information content (AvgIpc) is 2.51. The van der Waals surface area contributed by atoms with Crippen LogP contribution in [-0.4, -0.2) is 37.9 Å². The van der Waals surface area contributed by atoms with Gasteiger partial charge in [-0.3, -0.25) is 10.1 Å². The molecule has 1 aromatic carbocycles. The molecule has 22 heavy (non-hydrogen) atoms. The summed E-state index contributed by atoms with van der Waals surface area (Å²) in [5.41, 5.74) is 4.98. The number of hydrogen-bond acceptors (Lipinski definition) is 7. The van der Waals surface area contributed by atoms with Gasteiger partial charge in [-0.25, -0.2) is 9.18 Å². The summed E-state index contributed by atoms with van der Waals surface area (Å²) in [6, 6.07) is 0.665. The van der Waals surface area contributed by atoms with Crippen molar-refractivity contribution in [2.24, 2.45) is 5.73 Å². The van der Waals surface area contributed by atoms with Crippen molar-refractivity contribution in [1.29, 1.82) is 0 Å². The predicted octanol–water partition coefficient (Wildman–Crippen LogP) is 1.51. The van der Waals surface area contributed by atoms with E-state index >= 15 is 0 Å². The first-order chi connectivity index (χ1) is 10.4. The third-order valence-corrected chi connectivity index (χ3v) is 2.92. The number of carbonyl (C=O) groups is 1. The number of nitro benzene ring substituents is 1. The van der Waals surface area contributed by atoms with E-state index in [1.54, 1.807) is 0 Å². The van der Waals surface area contributed by atoms with Crippen LogP contribution in [0.3, 0.4) is 0 Å². The summed E-state index contributed by atoms with van der Waals surface area (Å²) in [5.74, 6) is -0.953. The quantitative estimate of drug-likeness (QED) is 0.460. The Morgan fingerprint density at radius 3 is 2.36 bits per heavy atom. The van der Waals surface area contributed by atoms with Crippen molar-refractivity contribution in [2.45, 2.75) is 19.1 Å². The molecule has 0 saturated carbocycles. The molecular weight excluding hydrogens is 299 g/mol. The van der Waals surface area contributed by atoms with Crippen molar-refractivity contribution in [2.75, 3.05) is 20.8 Å². The van der Waals surface area contributed by atoms with E-state index in [1.165, 1.54) is 27.2 Å². The zero-order chi connectivity index (χ0) is 16.9. The van der Waals surface area contributed by atoms with Gasteiger partial charge < -0.3 is 19.9 Å². The lowest BCUT2D eigenvalue weighted by atomic mass is 10.0. The minimum Gasteiger partial charge on any atom is -0.493 e. The molecule has 8 nitrogen and oxygen atoms in total. The molecular formula is C13H17FN2O6. The molecule has 0 amide bonds. The van der Waals surface area contributed by atoms with Crippen LogP contribution in [0.5, 0.6) is 11.5 Å². The van der Waals surface area contributed by atoms with E-state index in [0.29, 0.717) is 0 Å². The van der Waals surface area contributed by atoms with Crippen LogP contribution in [0, 0.1) is 10.1 Å². The zero-order valence-corrected chi connectivity index (χ0v) is 12.4. The third kappa shape index (κ3) is 3.61. The van der Waals surface area contributed by atoms with Crippen LogP contribution in [0.4, 0.5) is 10.1 Å². The molecule has 9 heteroatoms. The number of esters is 1. The second-order valence-corrected chi connectivity index (χ2v) is 4.20. The highest BCUT2D eigenvalue weighted by atomic mass is 19.1. The molecule has 0 fully saturated rings. The highest BCUT2D eigenvalue weighted by Gasteiger charge is 2.33. The summed E-state index contributed by atoms with van der Waals surface area (Å²) in [6.45, 7) is 1.48. The highest BCUT2D eigenvalue weighted by molar-refractivity contribution is 5.76. The molecule has 2 atom stereocenters. The van der Waals surface area contributed by atoms with E-state index in [4.69, 9.17) is 15.2 Å². The Bertz CT molecular complexity index is 566. The summed E-state index contributed by atoms with van der Waals surface area (Å²) >= 11 is 0.